The highest BCUT2D eigenvalue weighted by Gasteiger charge is 2.58. The number of allylic oxidation sites excluding steroid dienone is 1. The number of rotatable bonds is 9. The lowest BCUT2D eigenvalue weighted by Crippen LogP contribution is -2.46. The van der Waals surface area contributed by atoms with E-state index in [2.05, 4.69) is 0 Å². The molecule has 1 heterocycles. The summed E-state index contributed by atoms with van der Waals surface area (Å²) in [5.41, 5.74) is 0.979. The highest BCUT2D eigenvalue weighted by molar-refractivity contribution is 6.03. The van der Waals surface area contributed by atoms with Crippen LogP contribution in [0.5, 0.6) is 23.0 Å². The molecule has 2 aliphatic rings. The minimum absolute atomic E-state index is 0.0244. The number of benzene rings is 2. The number of hydrogen-bond acceptors (Lipinski definition) is 8. The summed E-state index contributed by atoms with van der Waals surface area (Å²) in [4.78, 5) is 12.5. The number of aryl methyl sites for hydroxylation is 1. The maximum absolute atomic E-state index is 12.5. The minimum Gasteiger partial charge on any atom is -0.504 e. The average Bonchev–Trinajstić information content (AvgIpc) is 3.22. The molecule has 2 aromatic carbocycles. The fraction of sp³-hybridized carbons (Fsp3) is 0.414. The van der Waals surface area contributed by atoms with E-state index in [0.717, 1.165) is 11.1 Å². The van der Waals surface area contributed by atoms with Gasteiger partial charge < -0.3 is 33.9 Å². The first-order chi connectivity index (χ1) is 17.8. The zero-order valence-corrected chi connectivity index (χ0v) is 21.8. The molecule has 5 atom stereocenters. The van der Waals surface area contributed by atoms with E-state index in [4.69, 9.17) is 23.7 Å². The van der Waals surface area contributed by atoms with Crippen molar-refractivity contribution in [3.05, 3.63) is 71.5 Å². The Morgan fingerprint density at radius 1 is 1.03 bits per heavy atom. The van der Waals surface area contributed by atoms with Gasteiger partial charge in [0.25, 0.3) is 0 Å². The molecule has 2 aromatic rings. The summed E-state index contributed by atoms with van der Waals surface area (Å²) in [7, 11) is 4.51. The molecule has 198 valence electrons. The third-order valence-corrected chi connectivity index (χ3v) is 7.25. The molecule has 0 bridgehead atoms. The van der Waals surface area contributed by atoms with Crippen molar-refractivity contribution >= 4 is 5.78 Å². The standard InChI is InChI=1S/C29H34O8/c1-6-19-27(18-8-9-20(31)23(14-18)33-3)37-28(29(19)12-11-21(32)25(15-29)35-5)26(16-30)36-22-10-7-17(2)13-24(22)34-4/h7-15,19,26-28,30-31H,6,16H2,1-5H3/t19-,26+,27+,28+,29+/m1/s1. The second kappa shape index (κ2) is 10.9. The van der Waals surface area contributed by atoms with E-state index in [0.29, 0.717) is 23.7 Å². The predicted molar refractivity (Wildman–Crippen MR) is 137 cm³/mol. The number of carbonyl (C=O) groups excluding carboxylic acids is 1. The SMILES string of the molecule is CC[C@@H]1[C@H](c2ccc(O)c(OC)c2)O[C@@H]([C@H](CO)Oc2ccc(C)cc2OC)[C@]12C=CC(=O)C(OC)=C2. The molecular weight excluding hydrogens is 476 g/mol. The van der Waals surface area contributed by atoms with E-state index < -0.39 is 23.7 Å². The fourth-order valence-electron chi connectivity index (χ4n) is 5.45. The largest absolute Gasteiger partial charge is 0.504 e. The van der Waals surface area contributed by atoms with Gasteiger partial charge in [0.15, 0.2) is 28.8 Å². The Morgan fingerprint density at radius 2 is 1.78 bits per heavy atom. The van der Waals surface area contributed by atoms with Crippen LogP contribution in [0.3, 0.4) is 0 Å². The average molecular weight is 511 g/mol. The Balaban J connectivity index is 1.82. The molecule has 0 amide bonds. The first-order valence-corrected chi connectivity index (χ1v) is 12.3. The second-order valence-electron chi connectivity index (χ2n) is 9.33. The van der Waals surface area contributed by atoms with Gasteiger partial charge in [0.2, 0.25) is 5.78 Å². The summed E-state index contributed by atoms with van der Waals surface area (Å²) in [6, 6.07) is 10.7. The van der Waals surface area contributed by atoms with Crippen molar-refractivity contribution in [3.63, 3.8) is 0 Å². The first-order valence-electron chi connectivity index (χ1n) is 12.3. The summed E-state index contributed by atoms with van der Waals surface area (Å²) >= 11 is 0. The molecule has 1 fully saturated rings. The van der Waals surface area contributed by atoms with Crippen LogP contribution in [-0.2, 0) is 14.3 Å². The normalized spacial score (nSPS) is 25.6. The maximum atomic E-state index is 12.5. The molecule has 4 rings (SSSR count). The van der Waals surface area contributed by atoms with Crippen molar-refractivity contribution < 1.29 is 38.7 Å². The summed E-state index contributed by atoms with van der Waals surface area (Å²) in [6.45, 7) is 3.66. The van der Waals surface area contributed by atoms with Gasteiger partial charge >= 0.3 is 0 Å². The molecule has 2 N–H and O–H groups in total. The predicted octanol–water partition coefficient (Wildman–Crippen LogP) is 4.28. The number of aliphatic hydroxyl groups is 1. The van der Waals surface area contributed by atoms with Crippen LogP contribution in [0.2, 0.25) is 0 Å². The zero-order chi connectivity index (χ0) is 26.7. The van der Waals surface area contributed by atoms with Gasteiger partial charge in [-0.2, -0.15) is 0 Å². The van der Waals surface area contributed by atoms with Gasteiger partial charge in [-0.3, -0.25) is 4.79 Å². The monoisotopic (exact) mass is 510 g/mol. The van der Waals surface area contributed by atoms with E-state index in [1.54, 1.807) is 37.5 Å². The van der Waals surface area contributed by atoms with Crippen molar-refractivity contribution in [2.24, 2.45) is 11.3 Å². The third kappa shape index (κ3) is 4.79. The van der Waals surface area contributed by atoms with E-state index in [1.165, 1.54) is 20.3 Å². The lowest BCUT2D eigenvalue weighted by atomic mass is 9.66. The number of carbonyl (C=O) groups is 1. The van der Waals surface area contributed by atoms with Gasteiger partial charge in [0.1, 0.15) is 12.2 Å². The zero-order valence-electron chi connectivity index (χ0n) is 21.8. The number of aliphatic hydroxyl groups excluding tert-OH is 1. The van der Waals surface area contributed by atoms with Gasteiger partial charge in [0.05, 0.1) is 34.0 Å². The highest BCUT2D eigenvalue weighted by atomic mass is 16.6. The van der Waals surface area contributed by atoms with Crippen molar-refractivity contribution in [1.82, 2.24) is 0 Å². The summed E-state index contributed by atoms with van der Waals surface area (Å²) in [6.07, 6.45) is 3.88. The Hall–Kier alpha value is -3.49. The van der Waals surface area contributed by atoms with Crippen LogP contribution in [-0.4, -0.2) is 56.1 Å². The lowest BCUT2D eigenvalue weighted by molar-refractivity contribution is -0.114. The second-order valence-corrected chi connectivity index (χ2v) is 9.33. The Morgan fingerprint density at radius 3 is 2.43 bits per heavy atom. The van der Waals surface area contributed by atoms with Crippen molar-refractivity contribution in [1.29, 1.82) is 0 Å². The fourth-order valence-corrected chi connectivity index (χ4v) is 5.45. The van der Waals surface area contributed by atoms with Crippen molar-refractivity contribution in [2.45, 2.75) is 38.6 Å². The Kier molecular flexibility index (Phi) is 7.80. The molecule has 0 radical (unpaired) electrons. The van der Waals surface area contributed by atoms with Gasteiger partial charge in [0, 0.05) is 11.3 Å². The summed E-state index contributed by atoms with van der Waals surface area (Å²) in [5, 5.41) is 20.7. The quantitative estimate of drug-likeness (QED) is 0.515. The smallest absolute Gasteiger partial charge is 0.219 e. The molecule has 37 heavy (non-hydrogen) atoms. The van der Waals surface area contributed by atoms with Gasteiger partial charge in [-0.05, 0) is 60.9 Å². The van der Waals surface area contributed by atoms with Gasteiger partial charge in [-0.25, -0.2) is 0 Å². The molecule has 1 aliphatic heterocycles. The molecule has 1 spiro atoms. The van der Waals surface area contributed by atoms with Gasteiger partial charge in [-0.1, -0.05) is 25.1 Å². The van der Waals surface area contributed by atoms with Crippen LogP contribution in [0.1, 0.15) is 30.6 Å². The van der Waals surface area contributed by atoms with E-state index >= 15 is 0 Å². The number of hydrogen-bond donors (Lipinski definition) is 2. The molecule has 1 aliphatic carbocycles. The summed E-state index contributed by atoms with van der Waals surface area (Å²) in [5.74, 6) is 1.19. The van der Waals surface area contributed by atoms with Crippen LogP contribution in [0, 0.1) is 18.3 Å². The number of ether oxygens (including phenoxy) is 5. The minimum atomic E-state index is -0.824. The van der Waals surface area contributed by atoms with Crippen molar-refractivity contribution in [2.75, 3.05) is 27.9 Å². The maximum Gasteiger partial charge on any atom is 0.219 e. The molecule has 0 saturated carbocycles. The van der Waals surface area contributed by atoms with Crippen LogP contribution in [0.25, 0.3) is 0 Å². The number of ketones is 1. The molecule has 0 unspecified atom stereocenters. The number of phenols is 1. The molecular formula is C29H34O8. The van der Waals surface area contributed by atoms with Crippen LogP contribution in [0.15, 0.2) is 60.4 Å². The van der Waals surface area contributed by atoms with E-state index in [-0.39, 0.29) is 29.8 Å². The molecule has 1 saturated heterocycles. The first kappa shape index (κ1) is 26.6. The lowest BCUT2D eigenvalue weighted by Gasteiger charge is -2.38. The number of aromatic hydroxyl groups is 1. The van der Waals surface area contributed by atoms with Gasteiger partial charge in [-0.15, -0.1) is 0 Å². The topological polar surface area (TPSA) is 104 Å². The van der Waals surface area contributed by atoms with Crippen LogP contribution >= 0.6 is 0 Å². The van der Waals surface area contributed by atoms with Crippen LogP contribution in [0.4, 0.5) is 0 Å². The Labute approximate surface area is 217 Å². The van der Waals surface area contributed by atoms with E-state index in [1.807, 2.05) is 32.1 Å². The molecule has 8 heteroatoms. The number of phenolic OH excluding ortho intramolecular Hbond substituents is 1. The summed E-state index contributed by atoms with van der Waals surface area (Å²) < 4.78 is 29.3. The van der Waals surface area contributed by atoms with Crippen molar-refractivity contribution in [3.8, 4) is 23.0 Å². The molecule has 8 nitrogen and oxygen atoms in total. The Bertz CT molecular complexity index is 1200. The molecule has 0 aromatic heterocycles. The number of methoxy groups -OCH3 is 3. The highest BCUT2D eigenvalue weighted by Crippen LogP contribution is 2.57. The third-order valence-electron chi connectivity index (χ3n) is 7.25. The van der Waals surface area contributed by atoms with E-state index in [9.17, 15) is 15.0 Å². The van der Waals surface area contributed by atoms with Crippen LogP contribution < -0.4 is 14.2 Å².